The Hall–Kier alpha value is -7.18. The molecule has 7 aromatic carbocycles. The van der Waals surface area contributed by atoms with Crippen LogP contribution in [0.15, 0.2) is 140 Å². The Morgan fingerprint density at radius 2 is 0.855 bits per heavy atom. The molecule has 0 bridgehead atoms. The average Bonchev–Trinajstić information content (AvgIpc) is 2.40. The van der Waals surface area contributed by atoms with Crippen molar-refractivity contribution in [3.8, 4) is 67.8 Å². The molecule has 0 saturated heterocycles. The van der Waals surface area contributed by atoms with Crippen LogP contribution in [0, 0.1) is 38.5 Å². The number of hydrogen-bond donors (Lipinski definition) is 2. The van der Waals surface area contributed by atoms with Gasteiger partial charge in [0.15, 0.2) is 0 Å². The van der Waals surface area contributed by atoms with E-state index in [1.54, 1.807) is 0 Å². The number of aromatic nitrogens is 2. The van der Waals surface area contributed by atoms with E-state index in [0.29, 0.717) is 12.2 Å². The Bertz CT molecular complexity index is 3830. The summed E-state index contributed by atoms with van der Waals surface area (Å²) in [6, 6.07) is 49.4. The third kappa shape index (κ3) is 12.4. The molecule has 0 saturated carbocycles. The number of aromatic hydroxyl groups is 2. The highest BCUT2D eigenvalue weighted by atomic mass is 16.5. The summed E-state index contributed by atoms with van der Waals surface area (Å²) in [4.78, 5) is 0. The monoisotopic (exact) mass is 1110 g/mol. The van der Waals surface area contributed by atoms with Gasteiger partial charge in [0.05, 0.1) is 22.4 Å². The molecule has 0 aliphatic carbocycles. The van der Waals surface area contributed by atoms with Crippen molar-refractivity contribution in [2.24, 2.45) is 10.8 Å². The SMILES string of the molecule is CC[C@H](C[C@H](CC)Oc1ccc(C)cc1-c1cc(C(C)(C)CC(C)(C)C)cc(-n2c(C)c(C(C)(C)C)c3ccccc32)c1O)Oc1ccc(C)cc1-c1cc(C(C)(C)CC(C)(C)C)cc(-n2c(C)c(-c3ccccc3)c3ccccc32)c1O. The number of aryl methyl sites for hydroxylation is 2. The fourth-order valence-corrected chi connectivity index (χ4v) is 14.1. The molecule has 9 rings (SSSR count). The summed E-state index contributed by atoms with van der Waals surface area (Å²) < 4.78 is 19.1. The quantitative estimate of drug-likeness (QED) is 0.0953. The van der Waals surface area contributed by atoms with Crippen molar-refractivity contribution >= 4 is 21.8 Å². The van der Waals surface area contributed by atoms with E-state index < -0.39 is 0 Å². The van der Waals surface area contributed by atoms with Crippen molar-refractivity contribution in [1.29, 1.82) is 0 Å². The lowest BCUT2D eigenvalue weighted by atomic mass is 9.71. The fourth-order valence-electron chi connectivity index (χ4n) is 14.1. The van der Waals surface area contributed by atoms with Gasteiger partial charge in [-0.05, 0) is 163 Å². The smallest absolute Gasteiger partial charge is 0.147 e. The first-order valence-electron chi connectivity index (χ1n) is 30.5. The molecule has 0 spiro atoms. The molecule has 6 nitrogen and oxygen atoms in total. The number of fused-ring (bicyclic) bond motifs is 2. The molecule has 0 aliphatic heterocycles. The van der Waals surface area contributed by atoms with Gasteiger partial charge in [-0.3, -0.25) is 0 Å². The lowest BCUT2D eigenvalue weighted by molar-refractivity contribution is 0.106. The van der Waals surface area contributed by atoms with Crippen molar-refractivity contribution in [2.45, 2.75) is 192 Å². The van der Waals surface area contributed by atoms with Gasteiger partial charge in [-0.25, -0.2) is 0 Å². The number of benzene rings is 7. The van der Waals surface area contributed by atoms with Crippen LogP contribution in [0.2, 0.25) is 0 Å². The number of nitrogens with zero attached hydrogens (tertiary/aromatic N) is 2. The van der Waals surface area contributed by atoms with Gasteiger partial charge in [0.1, 0.15) is 35.2 Å². The second-order valence-electron chi connectivity index (χ2n) is 28.8. The third-order valence-corrected chi connectivity index (χ3v) is 17.1. The summed E-state index contributed by atoms with van der Waals surface area (Å²) in [6.45, 7) is 43.0. The van der Waals surface area contributed by atoms with Crippen LogP contribution < -0.4 is 9.47 Å². The number of ether oxygens (including phenoxy) is 2. The van der Waals surface area contributed by atoms with E-state index in [1.807, 2.05) is 0 Å². The highest BCUT2D eigenvalue weighted by Gasteiger charge is 2.34. The van der Waals surface area contributed by atoms with E-state index in [9.17, 15) is 10.2 Å². The first kappa shape index (κ1) is 60.4. The second kappa shape index (κ2) is 22.8. The minimum absolute atomic E-state index is 0.0472. The molecular weight excluding hydrogens is 1020 g/mol. The van der Waals surface area contributed by atoms with Crippen molar-refractivity contribution in [3.05, 3.63) is 179 Å². The number of para-hydroxylation sites is 2. The van der Waals surface area contributed by atoms with Crippen molar-refractivity contribution < 1.29 is 19.7 Å². The Morgan fingerprint density at radius 1 is 0.446 bits per heavy atom. The Balaban J connectivity index is 1.13. The molecule has 9 aromatic rings. The van der Waals surface area contributed by atoms with Gasteiger partial charge in [-0.1, -0.05) is 194 Å². The highest BCUT2D eigenvalue weighted by Crippen LogP contribution is 2.50. The molecule has 436 valence electrons. The van der Waals surface area contributed by atoms with Crippen LogP contribution in [0.1, 0.15) is 175 Å². The summed E-state index contributed by atoms with van der Waals surface area (Å²) >= 11 is 0. The van der Waals surface area contributed by atoms with E-state index in [1.165, 1.54) is 10.9 Å². The van der Waals surface area contributed by atoms with E-state index in [4.69, 9.17) is 9.47 Å². The summed E-state index contributed by atoms with van der Waals surface area (Å²) in [5.74, 6) is 1.87. The molecular formula is C77H94N2O4. The maximum atomic E-state index is 13.1. The third-order valence-electron chi connectivity index (χ3n) is 17.1. The Labute approximate surface area is 497 Å². The van der Waals surface area contributed by atoms with Gasteiger partial charge in [0.25, 0.3) is 0 Å². The van der Waals surface area contributed by atoms with Crippen LogP contribution in [-0.4, -0.2) is 31.6 Å². The van der Waals surface area contributed by atoms with Crippen LogP contribution >= 0.6 is 0 Å². The zero-order valence-corrected chi connectivity index (χ0v) is 53.6. The Morgan fingerprint density at radius 3 is 1.29 bits per heavy atom. The van der Waals surface area contributed by atoms with Crippen molar-refractivity contribution in [1.82, 2.24) is 9.13 Å². The minimum Gasteiger partial charge on any atom is -0.505 e. The fraction of sp³-hybridized carbons (Fsp3) is 0.403. The topological polar surface area (TPSA) is 68.8 Å². The molecule has 2 aromatic heterocycles. The predicted molar refractivity (Wildman–Crippen MR) is 352 cm³/mol. The lowest BCUT2D eigenvalue weighted by Crippen LogP contribution is -2.27. The van der Waals surface area contributed by atoms with Gasteiger partial charge < -0.3 is 28.8 Å². The van der Waals surface area contributed by atoms with E-state index in [2.05, 4.69) is 280 Å². The summed E-state index contributed by atoms with van der Waals surface area (Å²) in [6.07, 6.45) is 3.50. The van der Waals surface area contributed by atoms with Crippen molar-refractivity contribution in [3.63, 3.8) is 0 Å². The van der Waals surface area contributed by atoms with Crippen LogP contribution in [0.5, 0.6) is 23.0 Å². The average molecular weight is 1110 g/mol. The second-order valence-corrected chi connectivity index (χ2v) is 28.8. The first-order valence-corrected chi connectivity index (χ1v) is 30.5. The maximum absolute atomic E-state index is 13.1. The molecule has 0 unspecified atom stereocenters. The molecule has 2 N–H and O–H groups in total. The van der Waals surface area contributed by atoms with Crippen molar-refractivity contribution in [2.75, 3.05) is 0 Å². The molecule has 2 heterocycles. The normalized spacial score (nSPS) is 13.5. The Kier molecular flexibility index (Phi) is 16.6. The number of rotatable bonds is 17. The van der Waals surface area contributed by atoms with Crippen LogP contribution in [0.4, 0.5) is 0 Å². The molecule has 0 radical (unpaired) electrons. The van der Waals surface area contributed by atoms with Gasteiger partial charge in [-0.15, -0.1) is 0 Å². The summed E-state index contributed by atoms with van der Waals surface area (Å²) in [5.41, 5.74) is 16.5. The molecule has 6 heteroatoms. The van der Waals surface area contributed by atoms with E-state index >= 15 is 0 Å². The van der Waals surface area contributed by atoms with Gasteiger partial charge >= 0.3 is 0 Å². The molecule has 83 heavy (non-hydrogen) atoms. The summed E-state index contributed by atoms with van der Waals surface area (Å²) in [7, 11) is 0. The molecule has 2 atom stereocenters. The molecule has 0 fully saturated rings. The number of phenolic OH excluding ortho intramolecular Hbond substituents is 2. The maximum Gasteiger partial charge on any atom is 0.147 e. The summed E-state index contributed by atoms with van der Waals surface area (Å²) in [5, 5.41) is 28.4. The minimum atomic E-state index is -0.250. The van der Waals surface area contributed by atoms with E-state index in [-0.39, 0.29) is 50.8 Å². The van der Waals surface area contributed by atoms with E-state index in [0.717, 1.165) is 126 Å². The zero-order chi connectivity index (χ0) is 60.3. The molecule has 0 aliphatic rings. The first-order chi connectivity index (χ1) is 38.9. The van der Waals surface area contributed by atoms with Gasteiger partial charge in [-0.2, -0.15) is 0 Å². The number of phenols is 2. The van der Waals surface area contributed by atoms with Gasteiger partial charge in [0, 0.05) is 56.4 Å². The largest absolute Gasteiger partial charge is 0.505 e. The standard InChI is InChI=1S/C77H94N2O4/c1-20-55(82-67-37-35-48(3)39-59(67)61-41-53(76(16,17)46-73(7,8)9)43-65(71(61)80)78-50(5)69(52-29-23-22-24-30-52)57-31-25-27-33-63(57)78)45-56(21-2)83-68-38-36-49(4)40-60(68)62-42-54(77(18,19)47-74(10,11)12)44-66(72(62)81)79-51(6)70(75(13,14)15)58-32-26-28-34-64(58)79/h22-44,55-56,80-81H,20-21,45-47H2,1-19H3/t55-,56+/m1/s1. The van der Waals surface area contributed by atoms with Crippen LogP contribution in [-0.2, 0) is 16.2 Å². The van der Waals surface area contributed by atoms with Crippen LogP contribution in [0.25, 0.3) is 66.6 Å². The predicted octanol–water partition coefficient (Wildman–Crippen LogP) is 21.4. The molecule has 0 amide bonds. The van der Waals surface area contributed by atoms with Gasteiger partial charge in [0.2, 0.25) is 0 Å². The van der Waals surface area contributed by atoms with Crippen LogP contribution in [0.3, 0.4) is 0 Å². The zero-order valence-electron chi connectivity index (χ0n) is 53.6. The highest BCUT2D eigenvalue weighted by molar-refractivity contribution is 6.00. The lowest BCUT2D eigenvalue weighted by Gasteiger charge is -2.34. The number of hydrogen-bond acceptors (Lipinski definition) is 4.